The van der Waals surface area contributed by atoms with Crippen LogP contribution in [0.25, 0.3) is 4.96 Å². The van der Waals surface area contributed by atoms with Gasteiger partial charge in [0.15, 0.2) is 4.96 Å². The van der Waals surface area contributed by atoms with Gasteiger partial charge >= 0.3 is 0 Å². The molecule has 0 amide bonds. The van der Waals surface area contributed by atoms with Gasteiger partial charge in [0, 0.05) is 17.8 Å². The van der Waals surface area contributed by atoms with E-state index in [0.29, 0.717) is 11.3 Å². The van der Waals surface area contributed by atoms with Crippen molar-refractivity contribution in [3.05, 3.63) is 23.5 Å². The van der Waals surface area contributed by atoms with Crippen LogP contribution < -0.4 is 5.32 Å². The minimum absolute atomic E-state index is 0.305. The quantitative estimate of drug-likeness (QED) is 0.899. The number of thiazole rings is 1. The van der Waals surface area contributed by atoms with Crippen molar-refractivity contribution in [2.75, 3.05) is 13.1 Å². The lowest BCUT2D eigenvalue weighted by molar-refractivity contribution is 0.230. The molecule has 2 heterocycles. The predicted molar refractivity (Wildman–Crippen MR) is 78.3 cm³/mol. The Morgan fingerprint density at radius 3 is 2.83 bits per heavy atom. The highest BCUT2D eigenvalue weighted by molar-refractivity contribution is 7.15. The molecule has 0 aliphatic carbocycles. The maximum absolute atomic E-state index is 4.69. The number of hydrogen-bond acceptors (Lipinski definition) is 3. The second-order valence-corrected chi connectivity index (χ2v) is 6.77. The molecule has 0 spiro atoms. The van der Waals surface area contributed by atoms with Gasteiger partial charge in [-0.15, -0.1) is 11.3 Å². The van der Waals surface area contributed by atoms with Crippen LogP contribution in [0.4, 0.5) is 0 Å². The largest absolute Gasteiger partial charge is 0.317 e. The van der Waals surface area contributed by atoms with E-state index in [1.54, 1.807) is 11.3 Å². The van der Waals surface area contributed by atoms with E-state index in [4.69, 9.17) is 0 Å². The number of nitrogens with zero attached hydrogens (tertiary/aromatic N) is 2. The van der Waals surface area contributed by atoms with E-state index in [-0.39, 0.29) is 0 Å². The lowest BCUT2D eigenvalue weighted by Crippen LogP contribution is -2.33. The Kier molecular flexibility index (Phi) is 4.07. The van der Waals surface area contributed by atoms with E-state index in [0.717, 1.165) is 24.5 Å². The van der Waals surface area contributed by atoms with Crippen molar-refractivity contribution in [1.29, 1.82) is 0 Å². The first-order valence-electron chi connectivity index (χ1n) is 6.62. The smallest absolute Gasteiger partial charge is 0.193 e. The van der Waals surface area contributed by atoms with Crippen LogP contribution in [-0.2, 0) is 6.42 Å². The summed E-state index contributed by atoms with van der Waals surface area (Å²) in [6, 6.07) is 0. The third-order valence-corrected chi connectivity index (χ3v) is 4.23. The highest BCUT2D eigenvalue weighted by Crippen LogP contribution is 2.28. The molecule has 1 N–H and O–H groups in total. The number of fused-ring (bicyclic) bond motifs is 1. The minimum atomic E-state index is 0.305. The topological polar surface area (TPSA) is 29.3 Å². The van der Waals surface area contributed by atoms with Crippen molar-refractivity contribution >= 4 is 16.3 Å². The third-order valence-electron chi connectivity index (χ3n) is 3.46. The zero-order chi connectivity index (χ0) is 13.2. The maximum atomic E-state index is 4.69. The van der Waals surface area contributed by atoms with E-state index in [9.17, 15) is 0 Å². The molecule has 0 aliphatic heterocycles. The molecule has 2 aromatic heterocycles. The van der Waals surface area contributed by atoms with Gasteiger partial charge < -0.3 is 5.32 Å². The van der Waals surface area contributed by atoms with Crippen molar-refractivity contribution in [3.8, 4) is 0 Å². The van der Waals surface area contributed by atoms with Crippen LogP contribution >= 0.6 is 11.3 Å². The molecule has 0 radical (unpaired) electrons. The van der Waals surface area contributed by atoms with E-state index in [2.05, 4.69) is 60.2 Å². The Hall–Kier alpha value is -0.870. The third kappa shape index (κ3) is 3.12. The monoisotopic (exact) mass is 265 g/mol. The summed E-state index contributed by atoms with van der Waals surface area (Å²) in [7, 11) is 0. The molecule has 0 bridgehead atoms. The zero-order valence-corrected chi connectivity index (χ0v) is 12.5. The van der Waals surface area contributed by atoms with Gasteiger partial charge in [-0.2, -0.15) is 0 Å². The van der Waals surface area contributed by atoms with Crippen molar-refractivity contribution in [1.82, 2.24) is 14.7 Å². The van der Waals surface area contributed by atoms with Gasteiger partial charge in [-0.05, 0) is 30.8 Å². The summed E-state index contributed by atoms with van der Waals surface area (Å²) in [5.41, 5.74) is 1.51. The van der Waals surface area contributed by atoms with Gasteiger partial charge in [0.05, 0.1) is 5.69 Å². The van der Waals surface area contributed by atoms with Crippen LogP contribution in [0, 0.1) is 11.3 Å². The van der Waals surface area contributed by atoms with Gasteiger partial charge in [0.1, 0.15) is 0 Å². The lowest BCUT2D eigenvalue weighted by atomic mass is 9.78. The summed E-state index contributed by atoms with van der Waals surface area (Å²) in [4.78, 5) is 5.79. The summed E-state index contributed by atoms with van der Waals surface area (Å²) in [5.74, 6) is 0.613. The summed E-state index contributed by atoms with van der Waals surface area (Å²) in [6.45, 7) is 11.2. The van der Waals surface area contributed by atoms with Crippen LogP contribution in [0.15, 0.2) is 17.8 Å². The fraction of sp³-hybridized carbons (Fsp3) is 0.643. The molecular formula is C14H23N3S. The van der Waals surface area contributed by atoms with Crippen LogP contribution in [0.1, 0.15) is 33.4 Å². The number of aromatic nitrogens is 2. The first kappa shape index (κ1) is 13.6. The molecule has 0 saturated carbocycles. The van der Waals surface area contributed by atoms with E-state index in [1.807, 2.05) is 0 Å². The molecule has 0 aromatic carbocycles. The SMILES string of the molecule is CCNCC(Cc1cn2ccsc2n1)C(C)(C)C. The highest BCUT2D eigenvalue weighted by Gasteiger charge is 2.25. The maximum Gasteiger partial charge on any atom is 0.193 e. The van der Waals surface area contributed by atoms with Gasteiger partial charge in [0.2, 0.25) is 0 Å². The standard InChI is InChI=1S/C14H23N3S/c1-5-15-9-11(14(2,3)4)8-12-10-17-6-7-18-13(17)16-12/h6-7,10-11,15H,5,8-9H2,1-4H3. The fourth-order valence-corrected chi connectivity index (χ4v) is 2.85. The molecule has 18 heavy (non-hydrogen) atoms. The Bertz CT molecular complexity index is 464. The molecular weight excluding hydrogens is 242 g/mol. The second kappa shape index (κ2) is 5.41. The minimum Gasteiger partial charge on any atom is -0.317 e. The molecule has 100 valence electrons. The number of imidazole rings is 1. The number of rotatable bonds is 5. The number of hydrogen-bond donors (Lipinski definition) is 1. The average molecular weight is 265 g/mol. The van der Waals surface area contributed by atoms with E-state index in [1.165, 1.54) is 5.69 Å². The highest BCUT2D eigenvalue weighted by atomic mass is 32.1. The Morgan fingerprint density at radius 2 is 2.22 bits per heavy atom. The molecule has 0 aliphatic rings. The van der Waals surface area contributed by atoms with Crippen LogP contribution in [0.3, 0.4) is 0 Å². The lowest BCUT2D eigenvalue weighted by Gasteiger charge is -2.30. The Balaban J connectivity index is 2.10. The van der Waals surface area contributed by atoms with Gasteiger partial charge in [0.25, 0.3) is 0 Å². The van der Waals surface area contributed by atoms with Crippen LogP contribution in [0.2, 0.25) is 0 Å². The predicted octanol–water partition coefficient (Wildman–Crippen LogP) is 3.21. The van der Waals surface area contributed by atoms with Crippen molar-refractivity contribution in [3.63, 3.8) is 0 Å². The molecule has 4 heteroatoms. The Morgan fingerprint density at radius 1 is 1.44 bits per heavy atom. The summed E-state index contributed by atoms with van der Waals surface area (Å²) in [6.07, 6.45) is 5.29. The average Bonchev–Trinajstić information content (AvgIpc) is 2.82. The molecule has 1 atom stereocenters. The summed E-state index contributed by atoms with van der Waals surface area (Å²) < 4.78 is 2.12. The van der Waals surface area contributed by atoms with Crippen molar-refractivity contribution < 1.29 is 0 Å². The molecule has 2 rings (SSSR count). The Labute approximate surface area is 113 Å². The molecule has 0 fully saturated rings. The van der Waals surface area contributed by atoms with Crippen LogP contribution in [0.5, 0.6) is 0 Å². The van der Waals surface area contributed by atoms with Crippen molar-refractivity contribution in [2.24, 2.45) is 11.3 Å². The molecule has 0 saturated heterocycles. The second-order valence-electron chi connectivity index (χ2n) is 5.90. The van der Waals surface area contributed by atoms with Crippen molar-refractivity contribution in [2.45, 2.75) is 34.1 Å². The molecule has 2 aromatic rings. The van der Waals surface area contributed by atoms with E-state index >= 15 is 0 Å². The van der Waals surface area contributed by atoms with Gasteiger partial charge in [-0.1, -0.05) is 27.7 Å². The van der Waals surface area contributed by atoms with Gasteiger partial charge in [-0.3, -0.25) is 4.40 Å². The number of nitrogens with one attached hydrogen (secondary N) is 1. The van der Waals surface area contributed by atoms with Gasteiger partial charge in [-0.25, -0.2) is 4.98 Å². The van der Waals surface area contributed by atoms with Crippen LogP contribution in [-0.4, -0.2) is 22.5 Å². The summed E-state index contributed by atoms with van der Waals surface area (Å²) >= 11 is 1.70. The summed E-state index contributed by atoms with van der Waals surface area (Å²) in [5, 5.41) is 5.55. The first-order chi connectivity index (χ1) is 8.50. The molecule has 3 nitrogen and oxygen atoms in total. The fourth-order valence-electron chi connectivity index (χ4n) is 2.13. The molecule has 1 unspecified atom stereocenters. The first-order valence-corrected chi connectivity index (χ1v) is 7.50. The van der Waals surface area contributed by atoms with E-state index < -0.39 is 0 Å². The normalized spacial score (nSPS) is 14.2. The zero-order valence-electron chi connectivity index (χ0n) is 11.7.